The summed E-state index contributed by atoms with van der Waals surface area (Å²) in [6.45, 7) is 3.79. The Morgan fingerprint density at radius 2 is 1.77 bits per heavy atom. The van der Waals surface area contributed by atoms with Crippen LogP contribution in [0.4, 0.5) is 0 Å². The van der Waals surface area contributed by atoms with Crippen LogP contribution in [-0.2, 0) is 6.54 Å². The summed E-state index contributed by atoms with van der Waals surface area (Å²) in [6.07, 6.45) is 8.27. The Hall–Kier alpha value is -3.06. The Labute approximate surface area is 151 Å². The van der Waals surface area contributed by atoms with Gasteiger partial charge in [0.05, 0.1) is 18.4 Å². The molecule has 0 radical (unpaired) electrons. The second-order valence-electron chi connectivity index (χ2n) is 6.18. The molecule has 3 aromatic rings. The van der Waals surface area contributed by atoms with E-state index >= 15 is 0 Å². The fourth-order valence-electron chi connectivity index (χ4n) is 3.00. The van der Waals surface area contributed by atoms with Crippen molar-refractivity contribution in [1.29, 1.82) is 0 Å². The van der Waals surface area contributed by atoms with Crippen molar-refractivity contribution in [1.82, 2.24) is 24.8 Å². The van der Waals surface area contributed by atoms with Crippen LogP contribution in [0.2, 0.25) is 0 Å². The second-order valence-corrected chi connectivity index (χ2v) is 6.18. The first-order chi connectivity index (χ1) is 12.8. The van der Waals surface area contributed by atoms with Crippen LogP contribution >= 0.6 is 0 Å². The van der Waals surface area contributed by atoms with E-state index < -0.39 is 0 Å². The Morgan fingerprint density at radius 3 is 2.42 bits per heavy atom. The number of carbonyl (C=O) groups is 1. The lowest BCUT2D eigenvalue weighted by atomic mass is 10.2. The highest BCUT2D eigenvalue weighted by atomic mass is 16.3. The fourth-order valence-corrected chi connectivity index (χ4v) is 3.00. The van der Waals surface area contributed by atoms with Crippen molar-refractivity contribution in [3.05, 3.63) is 66.6 Å². The number of aromatic nitrogens is 3. The van der Waals surface area contributed by atoms with Gasteiger partial charge >= 0.3 is 0 Å². The van der Waals surface area contributed by atoms with Gasteiger partial charge in [-0.05, 0) is 24.3 Å². The molecule has 1 amide bonds. The van der Waals surface area contributed by atoms with E-state index in [1.807, 2.05) is 29.2 Å². The zero-order valence-corrected chi connectivity index (χ0v) is 14.3. The Balaban J connectivity index is 1.36. The van der Waals surface area contributed by atoms with E-state index in [1.54, 1.807) is 31.1 Å². The summed E-state index contributed by atoms with van der Waals surface area (Å²) in [6, 6.07) is 7.55. The SMILES string of the molecule is O=C(c1cnc(-c2ccncc2)nc1)N1CCN(Cc2ccco2)CC1. The van der Waals surface area contributed by atoms with E-state index in [4.69, 9.17) is 4.42 Å². The highest BCUT2D eigenvalue weighted by Crippen LogP contribution is 2.14. The first-order valence-electron chi connectivity index (χ1n) is 8.56. The second kappa shape index (κ2) is 7.45. The molecular weight excluding hydrogens is 330 g/mol. The first-order valence-corrected chi connectivity index (χ1v) is 8.56. The van der Waals surface area contributed by atoms with Gasteiger partial charge in [-0.15, -0.1) is 0 Å². The average Bonchev–Trinajstić information content (AvgIpc) is 3.22. The fraction of sp³-hybridized carbons (Fsp3) is 0.263. The monoisotopic (exact) mass is 349 g/mol. The molecule has 132 valence electrons. The van der Waals surface area contributed by atoms with Gasteiger partial charge in [0.25, 0.3) is 5.91 Å². The number of hydrogen-bond donors (Lipinski definition) is 0. The lowest BCUT2D eigenvalue weighted by molar-refractivity contribution is 0.0619. The highest BCUT2D eigenvalue weighted by Gasteiger charge is 2.23. The van der Waals surface area contributed by atoms with Gasteiger partial charge in [0.1, 0.15) is 5.76 Å². The van der Waals surface area contributed by atoms with Crippen molar-refractivity contribution < 1.29 is 9.21 Å². The number of piperazine rings is 1. The predicted molar refractivity (Wildman–Crippen MR) is 95.2 cm³/mol. The molecule has 0 spiro atoms. The van der Waals surface area contributed by atoms with Gasteiger partial charge in [-0.3, -0.25) is 14.7 Å². The molecule has 3 aromatic heterocycles. The van der Waals surface area contributed by atoms with Crippen LogP contribution in [0, 0.1) is 0 Å². The molecule has 7 nitrogen and oxygen atoms in total. The summed E-state index contributed by atoms with van der Waals surface area (Å²) in [5.74, 6) is 1.51. The number of pyridine rings is 1. The third-order valence-electron chi connectivity index (χ3n) is 4.46. The van der Waals surface area contributed by atoms with Crippen LogP contribution in [0.25, 0.3) is 11.4 Å². The lowest BCUT2D eigenvalue weighted by Gasteiger charge is -2.34. The van der Waals surface area contributed by atoms with E-state index in [0.29, 0.717) is 24.5 Å². The number of furan rings is 1. The maximum atomic E-state index is 12.7. The normalized spacial score (nSPS) is 15.2. The van der Waals surface area contributed by atoms with Crippen LogP contribution in [0.3, 0.4) is 0 Å². The summed E-state index contributed by atoms with van der Waals surface area (Å²) in [7, 11) is 0. The zero-order valence-electron chi connectivity index (χ0n) is 14.3. The molecule has 1 aliphatic rings. The Kier molecular flexibility index (Phi) is 4.70. The summed E-state index contributed by atoms with van der Waals surface area (Å²) in [5, 5.41) is 0. The number of nitrogens with zero attached hydrogens (tertiary/aromatic N) is 5. The molecule has 0 N–H and O–H groups in total. The van der Waals surface area contributed by atoms with Crippen LogP contribution in [0.15, 0.2) is 59.7 Å². The average molecular weight is 349 g/mol. The number of rotatable bonds is 4. The minimum Gasteiger partial charge on any atom is -0.468 e. The molecule has 0 atom stereocenters. The van der Waals surface area contributed by atoms with E-state index in [9.17, 15) is 4.79 Å². The van der Waals surface area contributed by atoms with Gasteiger partial charge < -0.3 is 9.32 Å². The number of hydrogen-bond acceptors (Lipinski definition) is 6. The molecule has 7 heteroatoms. The zero-order chi connectivity index (χ0) is 17.8. The van der Waals surface area contributed by atoms with Crippen LogP contribution in [0.5, 0.6) is 0 Å². The smallest absolute Gasteiger partial charge is 0.257 e. The van der Waals surface area contributed by atoms with Crippen molar-refractivity contribution in [2.45, 2.75) is 6.54 Å². The third kappa shape index (κ3) is 3.62. The molecule has 1 fully saturated rings. The standard InChI is InChI=1S/C19H19N5O2/c25-19(16-12-21-18(22-13-16)15-3-5-20-6-4-15)24-9-7-23(8-10-24)14-17-2-1-11-26-17/h1-6,11-13H,7-10,14H2. The molecule has 0 aliphatic carbocycles. The van der Waals surface area contributed by atoms with Gasteiger partial charge in [-0.25, -0.2) is 9.97 Å². The van der Waals surface area contributed by atoms with Crippen molar-refractivity contribution >= 4 is 5.91 Å². The van der Waals surface area contributed by atoms with E-state index in [1.165, 1.54) is 0 Å². The Bertz CT molecular complexity index is 841. The molecule has 4 heterocycles. The summed E-state index contributed by atoms with van der Waals surface area (Å²) in [4.78, 5) is 29.4. The van der Waals surface area contributed by atoms with Crippen molar-refractivity contribution in [3.8, 4) is 11.4 Å². The summed E-state index contributed by atoms with van der Waals surface area (Å²) in [5.41, 5.74) is 1.40. The van der Waals surface area contributed by atoms with Crippen LogP contribution < -0.4 is 0 Å². The van der Waals surface area contributed by atoms with Gasteiger partial charge in [0.2, 0.25) is 0 Å². The quantitative estimate of drug-likeness (QED) is 0.718. The summed E-state index contributed by atoms with van der Waals surface area (Å²) >= 11 is 0. The Morgan fingerprint density at radius 1 is 1.04 bits per heavy atom. The largest absolute Gasteiger partial charge is 0.468 e. The van der Waals surface area contributed by atoms with E-state index in [0.717, 1.165) is 31.0 Å². The molecule has 1 aliphatic heterocycles. The predicted octanol–water partition coefficient (Wildman–Crippen LogP) is 2.09. The molecule has 1 saturated heterocycles. The van der Waals surface area contributed by atoms with Gasteiger partial charge in [-0.2, -0.15) is 0 Å². The van der Waals surface area contributed by atoms with Gasteiger partial charge in [-0.1, -0.05) is 0 Å². The van der Waals surface area contributed by atoms with Crippen molar-refractivity contribution in [2.24, 2.45) is 0 Å². The highest BCUT2D eigenvalue weighted by molar-refractivity contribution is 5.93. The molecule has 0 bridgehead atoms. The molecule has 26 heavy (non-hydrogen) atoms. The molecule has 0 saturated carbocycles. The number of carbonyl (C=O) groups excluding carboxylic acids is 1. The first kappa shape index (κ1) is 16.4. The maximum absolute atomic E-state index is 12.7. The number of amides is 1. The van der Waals surface area contributed by atoms with Gasteiger partial charge in [0.15, 0.2) is 5.82 Å². The molecule has 4 rings (SSSR count). The summed E-state index contributed by atoms with van der Waals surface area (Å²) < 4.78 is 5.38. The minimum atomic E-state index is -0.0241. The lowest BCUT2D eigenvalue weighted by Crippen LogP contribution is -2.48. The molecule has 0 aromatic carbocycles. The van der Waals surface area contributed by atoms with E-state index in [-0.39, 0.29) is 5.91 Å². The molecular formula is C19H19N5O2. The van der Waals surface area contributed by atoms with Crippen molar-refractivity contribution in [2.75, 3.05) is 26.2 Å². The molecule has 0 unspecified atom stereocenters. The third-order valence-corrected chi connectivity index (χ3v) is 4.46. The van der Waals surface area contributed by atoms with E-state index in [2.05, 4.69) is 19.9 Å². The van der Waals surface area contributed by atoms with Crippen LogP contribution in [0.1, 0.15) is 16.1 Å². The maximum Gasteiger partial charge on any atom is 0.257 e. The van der Waals surface area contributed by atoms with Crippen molar-refractivity contribution in [3.63, 3.8) is 0 Å². The minimum absolute atomic E-state index is 0.0241. The van der Waals surface area contributed by atoms with Crippen LogP contribution in [-0.4, -0.2) is 56.8 Å². The van der Waals surface area contributed by atoms with Gasteiger partial charge in [0, 0.05) is 56.5 Å². The topological polar surface area (TPSA) is 75.4 Å².